The fraction of sp³-hybridized carbons (Fsp3) is 0.500. The topological polar surface area (TPSA) is 42.2 Å². The maximum absolute atomic E-state index is 8.00. The third kappa shape index (κ3) is 7.15. The molecule has 0 unspecified atom stereocenters. The molecule has 9 heavy (non-hydrogen) atoms. The zero-order valence-electron chi connectivity index (χ0n) is 5.33. The molecule has 0 aromatic carbocycles. The van der Waals surface area contributed by atoms with Gasteiger partial charge in [-0.3, -0.25) is 0 Å². The highest BCUT2D eigenvalue weighted by Crippen LogP contribution is 1.76. The minimum Gasteiger partial charge on any atom is -0.359 e. The first-order valence-electron chi connectivity index (χ1n) is 2.53. The Bertz CT molecular complexity index is 115. The Labute approximate surface area is 54.5 Å². The Kier molecular flexibility index (Phi) is 6.47. The molecule has 0 atom stereocenters. The molecule has 0 amide bonds. The van der Waals surface area contributed by atoms with Crippen molar-refractivity contribution in [3.05, 3.63) is 12.2 Å². The van der Waals surface area contributed by atoms with Gasteiger partial charge in [0.25, 0.3) is 0 Å². The number of allylic oxidation sites excluding steroid dienone is 1. The van der Waals surface area contributed by atoms with Gasteiger partial charge in [-0.25, -0.2) is 0 Å². The molecule has 0 aromatic heterocycles. The van der Waals surface area contributed by atoms with Crippen molar-refractivity contribution in [2.45, 2.75) is 0 Å². The lowest BCUT2D eigenvalue weighted by Crippen LogP contribution is -1.94. The smallest absolute Gasteiger partial charge is 0.146 e. The maximum atomic E-state index is 8.00. The molecule has 0 rings (SSSR count). The van der Waals surface area contributed by atoms with Gasteiger partial charge in [0.2, 0.25) is 0 Å². The summed E-state index contributed by atoms with van der Waals surface area (Å²) in [5.41, 5.74) is 0. The predicted molar refractivity (Wildman–Crippen MR) is 32.6 cm³/mol. The summed E-state index contributed by atoms with van der Waals surface area (Å²) in [6, 6.07) is 1.84. The van der Waals surface area contributed by atoms with Crippen molar-refractivity contribution in [1.29, 1.82) is 5.26 Å². The normalized spacial score (nSPS) is 9.78. The molecule has 0 aromatic rings. The summed E-state index contributed by atoms with van der Waals surface area (Å²) in [4.78, 5) is 0. The summed E-state index contributed by atoms with van der Waals surface area (Å²) >= 11 is 0. The van der Waals surface area contributed by atoms with Crippen LogP contribution in [-0.2, 0) is 9.47 Å². The summed E-state index contributed by atoms with van der Waals surface area (Å²) in [5.74, 6) is 0. The molecule has 0 heterocycles. The summed E-state index contributed by atoms with van der Waals surface area (Å²) in [6.07, 6.45) is 2.99. The van der Waals surface area contributed by atoms with Gasteiger partial charge in [0.1, 0.15) is 6.79 Å². The Balaban J connectivity index is 2.93. The van der Waals surface area contributed by atoms with E-state index in [1.807, 2.05) is 6.07 Å². The number of hydrogen-bond acceptors (Lipinski definition) is 3. The maximum Gasteiger partial charge on any atom is 0.146 e. The first-order valence-corrected chi connectivity index (χ1v) is 2.53. The monoisotopic (exact) mass is 127 g/mol. The minimum atomic E-state index is 0.274. The van der Waals surface area contributed by atoms with Gasteiger partial charge in [0.15, 0.2) is 0 Å². The van der Waals surface area contributed by atoms with Crippen LogP contribution < -0.4 is 0 Å². The number of methoxy groups -OCH3 is 1. The third-order valence-corrected chi connectivity index (χ3v) is 0.608. The SMILES string of the molecule is COCOC/C=C/C#N. The van der Waals surface area contributed by atoms with Gasteiger partial charge in [-0.05, 0) is 6.08 Å². The fourth-order valence-electron chi connectivity index (χ4n) is 0.300. The number of rotatable bonds is 4. The van der Waals surface area contributed by atoms with Crippen molar-refractivity contribution in [2.24, 2.45) is 0 Å². The van der Waals surface area contributed by atoms with E-state index in [0.29, 0.717) is 6.61 Å². The average Bonchev–Trinajstić information content (AvgIpc) is 1.89. The number of nitrogens with zero attached hydrogens (tertiary/aromatic N) is 1. The highest BCUT2D eigenvalue weighted by atomic mass is 16.7. The molecular weight excluding hydrogens is 118 g/mol. The second-order valence-corrected chi connectivity index (χ2v) is 1.31. The van der Waals surface area contributed by atoms with Crippen LogP contribution in [0.1, 0.15) is 0 Å². The quantitative estimate of drug-likeness (QED) is 0.317. The van der Waals surface area contributed by atoms with Crippen LogP contribution in [0, 0.1) is 11.3 Å². The summed E-state index contributed by atoms with van der Waals surface area (Å²) < 4.78 is 9.41. The zero-order valence-corrected chi connectivity index (χ0v) is 5.33. The molecular formula is C6H9NO2. The van der Waals surface area contributed by atoms with Crippen molar-refractivity contribution in [3.8, 4) is 6.07 Å². The molecule has 50 valence electrons. The molecule has 0 saturated heterocycles. The summed E-state index contributed by atoms with van der Waals surface area (Å²) in [7, 11) is 1.55. The average molecular weight is 127 g/mol. The minimum absolute atomic E-state index is 0.274. The van der Waals surface area contributed by atoms with Crippen LogP contribution in [0.3, 0.4) is 0 Å². The van der Waals surface area contributed by atoms with Gasteiger partial charge in [-0.2, -0.15) is 5.26 Å². The van der Waals surface area contributed by atoms with E-state index in [1.165, 1.54) is 6.08 Å². The van der Waals surface area contributed by atoms with E-state index in [-0.39, 0.29) is 6.79 Å². The van der Waals surface area contributed by atoms with E-state index in [0.717, 1.165) is 0 Å². The lowest BCUT2D eigenvalue weighted by atomic mass is 10.5. The van der Waals surface area contributed by atoms with E-state index in [9.17, 15) is 0 Å². The van der Waals surface area contributed by atoms with E-state index >= 15 is 0 Å². The van der Waals surface area contributed by atoms with Crippen LogP contribution in [0.5, 0.6) is 0 Å². The van der Waals surface area contributed by atoms with Crippen LogP contribution in [0.15, 0.2) is 12.2 Å². The first kappa shape index (κ1) is 8.15. The van der Waals surface area contributed by atoms with Crippen LogP contribution >= 0.6 is 0 Å². The Hall–Kier alpha value is -0.850. The van der Waals surface area contributed by atoms with Crippen molar-refractivity contribution >= 4 is 0 Å². The standard InChI is InChI=1S/C6H9NO2/c1-8-6-9-5-3-2-4-7/h2-3H,5-6H2,1H3/b3-2+. The predicted octanol–water partition coefficient (Wildman–Crippen LogP) is 0.687. The van der Waals surface area contributed by atoms with E-state index in [1.54, 1.807) is 13.2 Å². The van der Waals surface area contributed by atoms with E-state index < -0.39 is 0 Å². The fourth-order valence-corrected chi connectivity index (χ4v) is 0.300. The molecule has 0 aliphatic rings. The van der Waals surface area contributed by atoms with Crippen LogP contribution in [-0.4, -0.2) is 20.5 Å². The molecule has 0 N–H and O–H groups in total. The Morgan fingerprint density at radius 1 is 1.67 bits per heavy atom. The third-order valence-electron chi connectivity index (χ3n) is 0.608. The van der Waals surface area contributed by atoms with Gasteiger partial charge < -0.3 is 9.47 Å². The van der Waals surface area contributed by atoms with Crippen molar-refractivity contribution in [1.82, 2.24) is 0 Å². The Morgan fingerprint density at radius 3 is 3.00 bits per heavy atom. The molecule has 0 radical (unpaired) electrons. The highest BCUT2D eigenvalue weighted by molar-refractivity contribution is 5.01. The summed E-state index contributed by atoms with van der Waals surface area (Å²) in [5, 5.41) is 8.00. The van der Waals surface area contributed by atoms with Crippen molar-refractivity contribution in [3.63, 3.8) is 0 Å². The molecule has 3 nitrogen and oxygen atoms in total. The van der Waals surface area contributed by atoms with Gasteiger partial charge in [-0.15, -0.1) is 0 Å². The van der Waals surface area contributed by atoms with Crippen LogP contribution in [0.25, 0.3) is 0 Å². The van der Waals surface area contributed by atoms with Gasteiger partial charge in [0.05, 0.1) is 12.7 Å². The number of ether oxygens (including phenoxy) is 2. The van der Waals surface area contributed by atoms with Crippen LogP contribution in [0.2, 0.25) is 0 Å². The lowest BCUT2D eigenvalue weighted by Gasteiger charge is -1.94. The van der Waals surface area contributed by atoms with Crippen LogP contribution in [0.4, 0.5) is 0 Å². The molecule has 0 spiro atoms. The number of hydrogen-bond donors (Lipinski definition) is 0. The summed E-state index contributed by atoms with van der Waals surface area (Å²) in [6.45, 7) is 0.706. The number of nitriles is 1. The lowest BCUT2D eigenvalue weighted by molar-refractivity contribution is -0.0186. The van der Waals surface area contributed by atoms with E-state index in [4.69, 9.17) is 10.00 Å². The second kappa shape index (κ2) is 7.15. The second-order valence-electron chi connectivity index (χ2n) is 1.31. The molecule has 0 aliphatic heterocycles. The molecule has 0 bridgehead atoms. The molecule has 3 heteroatoms. The highest BCUT2D eigenvalue weighted by Gasteiger charge is 1.76. The van der Waals surface area contributed by atoms with Crippen molar-refractivity contribution in [2.75, 3.05) is 20.5 Å². The van der Waals surface area contributed by atoms with Gasteiger partial charge >= 0.3 is 0 Å². The molecule has 0 fully saturated rings. The van der Waals surface area contributed by atoms with Gasteiger partial charge in [-0.1, -0.05) is 0 Å². The molecule has 0 saturated carbocycles. The van der Waals surface area contributed by atoms with Gasteiger partial charge in [0, 0.05) is 13.2 Å². The first-order chi connectivity index (χ1) is 4.41. The van der Waals surface area contributed by atoms with Crippen molar-refractivity contribution < 1.29 is 9.47 Å². The Morgan fingerprint density at radius 2 is 2.44 bits per heavy atom. The zero-order chi connectivity index (χ0) is 6.95. The van der Waals surface area contributed by atoms with E-state index in [2.05, 4.69) is 4.74 Å². The largest absolute Gasteiger partial charge is 0.359 e. The molecule has 0 aliphatic carbocycles.